The molecule has 30 heavy (non-hydrogen) atoms. The van der Waals surface area contributed by atoms with Crippen molar-refractivity contribution < 1.29 is 0 Å². The Bertz CT molecular complexity index is 1290. The zero-order chi connectivity index (χ0) is 20.2. The molecule has 0 radical (unpaired) electrons. The number of para-hydroxylation sites is 1. The first kappa shape index (κ1) is 18.3. The van der Waals surface area contributed by atoms with Gasteiger partial charge in [-0.1, -0.05) is 78.9 Å². The standard InChI is InChI=1S/C25H20N4S/c1-3-9-19(10-4-1)16-29-17-21(22-13-7-8-14-24(22)29)15-26-28-25-27-23(18-30-25)20-11-5-2-6-12-20/h1-15,17-18H,16H2,(H,27,28)/b26-15+. The maximum absolute atomic E-state index is 4.62. The van der Waals surface area contributed by atoms with E-state index < -0.39 is 0 Å². The second-order valence-electron chi connectivity index (χ2n) is 6.99. The Kier molecular flexibility index (Phi) is 5.10. The van der Waals surface area contributed by atoms with Gasteiger partial charge < -0.3 is 4.57 Å². The summed E-state index contributed by atoms with van der Waals surface area (Å²) in [5.74, 6) is 0. The number of benzene rings is 3. The highest BCUT2D eigenvalue weighted by molar-refractivity contribution is 7.14. The first-order valence-corrected chi connectivity index (χ1v) is 10.7. The number of fused-ring (bicyclic) bond motifs is 1. The van der Waals surface area contributed by atoms with Gasteiger partial charge in [0.25, 0.3) is 0 Å². The van der Waals surface area contributed by atoms with Crippen LogP contribution in [0.4, 0.5) is 5.13 Å². The Balaban J connectivity index is 1.37. The maximum Gasteiger partial charge on any atom is 0.203 e. The number of thiazole rings is 1. The van der Waals surface area contributed by atoms with Crippen LogP contribution in [0.15, 0.2) is 102 Å². The van der Waals surface area contributed by atoms with Crippen molar-refractivity contribution in [2.45, 2.75) is 6.54 Å². The van der Waals surface area contributed by atoms with Crippen molar-refractivity contribution in [1.29, 1.82) is 0 Å². The predicted octanol–water partition coefficient (Wildman–Crippen LogP) is 6.26. The highest BCUT2D eigenvalue weighted by atomic mass is 32.1. The molecule has 5 rings (SSSR count). The Labute approximate surface area is 179 Å². The average molecular weight is 409 g/mol. The summed E-state index contributed by atoms with van der Waals surface area (Å²) in [7, 11) is 0. The van der Waals surface area contributed by atoms with Crippen molar-refractivity contribution in [3.05, 3.63) is 108 Å². The van der Waals surface area contributed by atoms with Gasteiger partial charge in [0.15, 0.2) is 0 Å². The smallest absolute Gasteiger partial charge is 0.203 e. The Morgan fingerprint density at radius 1 is 0.900 bits per heavy atom. The summed E-state index contributed by atoms with van der Waals surface area (Å²) >= 11 is 1.55. The molecule has 0 aliphatic carbocycles. The second-order valence-corrected chi connectivity index (χ2v) is 7.85. The molecule has 0 saturated carbocycles. The normalized spacial score (nSPS) is 11.3. The van der Waals surface area contributed by atoms with Crippen LogP contribution in [-0.2, 0) is 6.54 Å². The summed E-state index contributed by atoms with van der Waals surface area (Å²) in [6.45, 7) is 0.829. The quantitative estimate of drug-likeness (QED) is 0.266. The fraction of sp³-hybridized carbons (Fsp3) is 0.0400. The van der Waals surface area contributed by atoms with Gasteiger partial charge in [-0.3, -0.25) is 5.43 Å². The summed E-state index contributed by atoms with van der Waals surface area (Å²) in [4.78, 5) is 4.62. The summed E-state index contributed by atoms with van der Waals surface area (Å²) in [6.07, 6.45) is 4.02. The monoisotopic (exact) mass is 408 g/mol. The molecule has 0 spiro atoms. The molecule has 0 aliphatic rings. The molecule has 0 fully saturated rings. The zero-order valence-corrected chi connectivity index (χ0v) is 17.1. The minimum Gasteiger partial charge on any atom is -0.342 e. The number of rotatable bonds is 6. The van der Waals surface area contributed by atoms with Crippen LogP contribution in [0.2, 0.25) is 0 Å². The van der Waals surface area contributed by atoms with Gasteiger partial charge in [-0.25, -0.2) is 4.98 Å². The summed E-state index contributed by atoms with van der Waals surface area (Å²) in [5.41, 5.74) is 8.69. The van der Waals surface area contributed by atoms with Crippen LogP contribution in [-0.4, -0.2) is 15.8 Å². The van der Waals surface area contributed by atoms with E-state index >= 15 is 0 Å². The summed E-state index contributed by atoms with van der Waals surface area (Å²) in [6, 6.07) is 29.1. The minimum absolute atomic E-state index is 0.776. The van der Waals surface area contributed by atoms with Gasteiger partial charge >= 0.3 is 0 Å². The lowest BCUT2D eigenvalue weighted by Gasteiger charge is -2.05. The van der Waals surface area contributed by atoms with Crippen LogP contribution < -0.4 is 5.43 Å². The third-order valence-electron chi connectivity index (χ3n) is 4.95. The highest BCUT2D eigenvalue weighted by Gasteiger charge is 2.07. The van der Waals surface area contributed by atoms with Gasteiger partial charge in [0.05, 0.1) is 11.9 Å². The first-order valence-electron chi connectivity index (χ1n) is 9.79. The molecule has 5 heteroatoms. The molecule has 0 amide bonds. The van der Waals surface area contributed by atoms with Crippen molar-refractivity contribution in [2.75, 3.05) is 5.43 Å². The molecular formula is C25H20N4S. The molecule has 4 nitrogen and oxygen atoms in total. The van der Waals surface area contributed by atoms with Crippen molar-refractivity contribution in [3.8, 4) is 11.3 Å². The van der Waals surface area contributed by atoms with E-state index in [1.807, 2.05) is 35.9 Å². The predicted molar refractivity (Wildman–Crippen MR) is 126 cm³/mol. The molecule has 0 bridgehead atoms. The van der Waals surface area contributed by atoms with Crippen LogP contribution in [0, 0.1) is 0 Å². The van der Waals surface area contributed by atoms with Crippen LogP contribution in [0.3, 0.4) is 0 Å². The molecule has 0 atom stereocenters. The van der Waals surface area contributed by atoms with Crippen molar-refractivity contribution >= 4 is 33.6 Å². The van der Waals surface area contributed by atoms with Crippen molar-refractivity contribution in [2.24, 2.45) is 5.10 Å². The molecule has 0 unspecified atom stereocenters. The molecule has 5 aromatic rings. The van der Waals surface area contributed by atoms with Crippen LogP contribution >= 0.6 is 11.3 Å². The van der Waals surface area contributed by atoms with E-state index in [4.69, 9.17) is 0 Å². The number of nitrogens with one attached hydrogen (secondary N) is 1. The molecule has 1 N–H and O–H groups in total. The summed E-state index contributed by atoms with van der Waals surface area (Å²) in [5, 5.41) is 8.45. The van der Waals surface area contributed by atoms with Gasteiger partial charge in [-0.2, -0.15) is 5.10 Å². The van der Waals surface area contributed by atoms with Crippen LogP contribution in [0.1, 0.15) is 11.1 Å². The zero-order valence-electron chi connectivity index (χ0n) is 16.3. The molecular weight excluding hydrogens is 388 g/mol. The molecule has 0 aliphatic heterocycles. The van der Waals surface area contributed by atoms with E-state index in [0.29, 0.717) is 0 Å². The van der Waals surface area contributed by atoms with Gasteiger partial charge in [0, 0.05) is 40.2 Å². The van der Waals surface area contributed by atoms with E-state index in [1.54, 1.807) is 11.3 Å². The largest absolute Gasteiger partial charge is 0.342 e. The topological polar surface area (TPSA) is 42.2 Å². The van der Waals surface area contributed by atoms with E-state index in [2.05, 4.69) is 86.9 Å². The molecule has 2 aromatic heterocycles. The van der Waals surface area contributed by atoms with E-state index in [9.17, 15) is 0 Å². The van der Waals surface area contributed by atoms with Gasteiger partial charge in [0.1, 0.15) is 0 Å². The average Bonchev–Trinajstić information content (AvgIpc) is 3.41. The number of hydrogen-bond donors (Lipinski definition) is 1. The third kappa shape index (κ3) is 3.88. The fourth-order valence-corrected chi connectivity index (χ4v) is 4.18. The van der Waals surface area contributed by atoms with E-state index in [0.717, 1.165) is 28.5 Å². The fourth-order valence-electron chi connectivity index (χ4n) is 3.51. The Morgan fingerprint density at radius 3 is 2.47 bits per heavy atom. The molecule has 0 saturated heterocycles. The van der Waals surface area contributed by atoms with Crippen molar-refractivity contribution in [1.82, 2.24) is 9.55 Å². The van der Waals surface area contributed by atoms with E-state index in [-0.39, 0.29) is 0 Å². The molecule has 2 heterocycles. The molecule has 146 valence electrons. The number of hydrazone groups is 1. The first-order chi connectivity index (χ1) is 14.9. The van der Waals surface area contributed by atoms with Crippen molar-refractivity contribution in [3.63, 3.8) is 0 Å². The van der Waals surface area contributed by atoms with Gasteiger partial charge in [0.2, 0.25) is 5.13 Å². The number of aromatic nitrogens is 2. The SMILES string of the molecule is C(=N\Nc1nc(-c2ccccc2)cs1)/c1cn(Cc2ccccc2)c2ccccc12. The van der Waals surface area contributed by atoms with Crippen LogP contribution in [0.5, 0.6) is 0 Å². The number of nitrogens with zero attached hydrogens (tertiary/aromatic N) is 3. The minimum atomic E-state index is 0.776. The number of hydrogen-bond acceptors (Lipinski definition) is 4. The second kappa shape index (κ2) is 8.35. The van der Waals surface area contributed by atoms with Gasteiger partial charge in [-0.05, 0) is 11.6 Å². The number of anilines is 1. The molecule has 3 aromatic carbocycles. The highest BCUT2D eigenvalue weighted by Crippen LogP contribution is 2.25. The summed E-state index contributed by atoms with van der Waals surface area (Å²) < 4.78 is 2.27. The lowest BCUT2D eigenvalue weighted by atomic mass is 10.2. The van der Waals surface area contributed by atoms with E-state index in [1.165, 1.54) is 16.5 Å². The third-order valence-corrected chi connectivity index (χ3v) is 5.70. The maximum atomic E-state index is 4.62. The Hall–Kier alpha value is -3.70. The Morgan fingerprint density at radius 2 is 1.63 bits per heavy atom. The van der Waals surface area contributed by atoms with Gasteiger partial charge in [-0.15, -0.1) is 11.3 Å². The lowest BCUT2D eigenvalue weighted by Crippen LogP contribution is -1.97. The lowest BCUT2D eigenvalue weighted by molar-refractivity contribution is 0.836. The van der Waals surface area contributed by atoms with Crippen LogP contribution in [0.25, 0.3) is 22.2 Å².